The average molecular weight is 640 g/mol. The van der Waals surface area contributed by atoms with Crippen molar-refractivity contribution in [1.82, 2.24) is 14.7 Å². The van der Waals surface area contributed by atoms with Gasteiger partial charge in [-0.25, -0.2) is 9.18 Å². The molecule has 2 fully saturated rings. The van der Waals surface area contributed by atoms with Crippen LogP contribution in [0.25, 0.3) is 0 Å². The number of anilines is 1. The molecule has 2 amide bonds. The predicted molar refractivity (Wildman–Crippen MR) is 160 cm³/mol. The minimum atomic E-state index is -4.76. The zero-order valence-electron chi connectivity index (χ0n) is 23.8. The molecule has 43 heavy (non-hydrogen) atoms. The van der Waals surface area contributed by atoms with Gasteiger partial charge in [-0.05, 0) is 66.7 Å². The maximum Gasteiger partial charge on any atom is 0.419 e. The molecule has 12 heteroatoms. The number of carbonyl (C=O) groups excluding carboxylic acids is 1. The van der Waals surface area contributed by atoms with Gasteiger partial charge in [0, 0.05) is 63.5 Å². The van der Waals surface area contributed by atoms with Crippen LogP contribution in [0.2, 0.25) is 10.0 Å². The van der Waals surface area contributed by atoms with Gasteiger partial charge in [0.05, 0.1) is 22.7 Å². The zero-order chi connectivity index (χ0) is 30.9. The second kappa shape index (κ2) is 12.8. The number of rotatable bonds is 6. The van der Waals surface area contributed by atoms with Gasteiger partial charge < -0.3 is 19.4 Å². The Kier molecular flexibility index (Phi) is 9.29. The molecule has 0 bridgehead atoms. The highest BCUT2D eigenvalue weighted by Gasteiger charge is 2.41. The third kappa shape index (κ3) is 6.97. The van der Waals surface area contributed by atoms with Crippen LogP contribution in [0.15, 0.2) is 60.7 Å². The zero-order valence-corrected chi connectivity index (χ0v) is 25.3. The first kappa shape index (κ1) is 31.2. The molecule has 0 radical (unpaired) electrons. The molecular formula is C31H32Cl2F4N4O2. The molecule has 2 heterocycles. The number of urea groups is 1. The van der Waals surface area contributed by atoms with E-state index < -0.39 is 17.6 Å². The highest BCUT2D eigenvalue weighted by molar-refractivity contribution is 6.42. The van der Waals surface area contributed by atoms with Gasteiger partial charge in [0.25, 0.3) is 0 Å². The Morgan fingerprint density at radius 2 is 1.63 bits per heavy atom. The summed E-state index contributed by atoms with van der Waals surface area (Å²) >= 11 is 12.5. The molecule has 0 N–H and O–H groups in total. The first-order valence-electron chi connectivity index (χ1n) is 13.9. The largest absolute Gasteiger partial charge is 0.497 e. The second-order valence-electron chi connectivity index (χ2n) is 10.9. The highest BCUT2D eigenvalue weighted by atomic mass is 35.5. The number of carbonyl (C=O) groups is 1. The Bertz CT molecular complexity index is 1450. The van der Waals surface area contributed by atoms with Gasteiger partial charge in [0.15, 0.2) is 0 Å². The molecule has 0 saturated carbocycles. The predicted octanol–water partition coefficient (Wildman–Crippen LogP) is 7.00. The summed E-state index contributed by atoms with van der Waals surface area (Å²) < 4.78 is 58.8. The summed E-state index contributed by atoms with van der Waals surface area (Å²) in [6, 6.07) is 15.9. The molecule has 230 valence electrons. The van der Waals surface area contributed by atoms with Crippen molar-refractivity contribution in [3.8, 4) is 5.75 Å². The van der Waals surface area contributed by atoms with Crippen LogP contribution in [-0.2, 0) is 12.7 Å². The number of nitrogens with zero attached hydrogens (tertiary/aromatic N) is 4. The Labute approximate surface area is 258 Å². The van der Waals surface area contributed by atoms with Crippen LogP contribution in [-0.4, -0.2) is 80.2 Å². The van der Waals surface area contributed by atoms with E-state index in [9.17, 15) is 22.4 Å². The van der Waals surface area contributed by atoms with Crippen molar-refractivity contribution in [2.24, 2.45) is 0 Å². The van der Waals surface area contributed by atoms with Gasteiger partial charge >= 0.3 is 12.2 Å². The van der Waals surface area contributed by atoms with Crippen LogP contribution >= 0.6 is 23.2 Å². The Morgan fingerprint density at radius 3 is 2.23 bits per heavy atom. The first-order chi connectivity index (χ1) is 20.4. The van der Waals surface area contributed by atoms with Gasteiger partial charge in [-0.3, -0.25) is 4.90 Å². The minimum Gasteiger partial charge on any atom is -0.497 e. The molecule has 2 atom stereocenters. The second-order valence-corrected chi connectivity index (χ2v) is 11.7. The lowest BCUT2D eigenvalue weighted by atomic mass is 9.93. The fourth-order valence-electron chi connectivity index (χ4n) is 5.90. The van der Waals surface area contributed by atoms with Crippen LogP contribution in [0.3, 0.4) is 0 Å². The number of benzene rings is 3. The maximum atomic E-state index is 14.3. The Balaban J connectivity index is 1.30. The van der Waals surface area contributed by atoms with Crippen molar-refractivity contribution in [2.75, 3.05) is 58.3 Å². The topological polar surface area (TPSA) is 39.3 Å². The molecule has 3 aromatic carbocycles. The SMILES string of the molecule is COc1ccc(N2CCN(C(=O)N3C[C@H](c4ccc(Cl)c(Cl)c4)[C@@H](N(C)Cc4ccc(C(F)(F)F)c(F)c4)C3)CC2)cc1. The van der Waals surface area contributed by atoms with E-state index in [1.165, 1.54) is 6.07 Å². The molecule has 0 spiro atoms. The van der Waals surface area contributed by atoms with Crippen molar-refractivity contribution >= 4 is 34.9 Å². The quantitative estimate of drug-likeness (QED) is 0.273. The summed E-state index contributed by atoms with van der Waals surface area (Å²) in [5.74, 6) is -0.675. The summed E-state index contributed by atoms with van der Waals surface area (Å²) in [5, 5.41) is 0.807. The number of likely N-dealkylation sites (N-methyl/N-ethyl adjacent to an activating group) is 1. The Morgan fingerprint density at radius 1 is 0.930 bits per heavy atom. The molecule has 0 aliphatic carbocycles. The van der Waals surface area contributed by atoms with Crippen LogP contribution < -0.4 is 9.64 Å². The number of alkyl halides is 3. The number of methoxy groups -OCH3 is 1. The lowest BCUT2D eigenvalue weighted by Crippen LogP contribution is -2.52. The number of amides is 2. The van der Waals surface area contributed by atoms with Crippen molar-refractivity contribution in [1.29, 1.82) is 0 Å². The molecule has 6 nitrogen and oxygen atoms in total. The van der Waals surface area contributed by atoms with Crippen LogP contribution in [0.4, 0.5) is 28.0 Å². The van der Waals surface area contributed by atoms with Crippen LogP contribution in [0, 0.1) is 5.82 Å². The van der Waals surface area contributed by atoms with E-state index in [0.29, 0.717) is 54.9 Å². The van der Waals surface area contributed by atoms with E-state index in [1.807, 2.05) is 52.1 Å². The average Bonchev–Trinajstić information content (AvgIpc) is 3.43. The molecule has 2 aliphatic rings. The monoisotopic (exact) mass is 638 g/mol. The normalized spacial score (nSPS) is 19.3. The third-order valence-corrected chi connectivity index (χ3v) is 9.00. The molecule has 2 aliphatic heterocycles. The van der Waals surface area contributed by atoms with E-state index in [2.05, 4.69) is 4.90 Å². The van der Waals surface area contributed by atoms with Gasteiger partial charge in [-0.2, -0.15) is 13.2 Å². The smallest absolute Gasteiger partial charge is 0.419 e. The maximum absolute atomic E-state index is 14.3. The highest BCUT2D eigenvalue weighted by Crippen LogP contribution is 2.36. The van der Waals surface area contributed by atoms with Gasteiger partial charge in [0.1, 0.15) is 11.6 Å². The fourth-order valence-corrected chi connectivity index (χ4v) is 6.21. The van der Waals surface area contributed by atoms with Crippen molar-refractivity contribution in [2.45, 2.75) is 24.7 Å². The van der Waals surface area contributed by atoms with Crippen LogP contribution in [0.5, 0.6) is 5.75 Å². The van der Waals surface area contributed by atoms with E-state index in [4.69, 9.17) is 27.9 Å². The summed E-state index contributed by atoms with van der Waals surface area (Å²) in [7, 11) is 3.45. The van der Waals surface area contributed by atoms with E-state index >= 15 is 0 Å². The van der Waals surface area contributed by atoms with E-state index in [-0.39, 0.29) is 24.5 Å². The molecule has 3 aromatic rings. The molecular weight excluding hydrogens is 607 g/mol. The number of hydrogen-bond acceptors (Lipinski definition) is 4. The minimum absolute atomic E-state index is 0.0732. The molecule has 5 rings (SSSR count). The van der Waals surface area contributed by atoms with Crippen LogP contribution in [0.1, 0.15) is 22.6 Å². The number of halogens is 6. The first-order valence-corrected chi connectivity index (χ1v) is 14.6. The third-order valence-electron chi connectivity index (χ3n) is 8.26. The number of likely N-dealkylation sites (tertiary alicyclic amines) is 1. The lowest BCUT2D eigenvalue weighted by molar-refractivity contribution is -0.140. The van der Waals surface area contributed by atoms with Crippen molar-refractivity contribution in [3.05, 3.63) is 93.2 Å². The van der Waals surface area contributed by atoms with E-state index in [1.54, 1.807) is 19.2 Å². The molecule has 0 aromatic heterocycles. The summed E-state index contributed by atoms with van der Waals surface area (Å²) in [6.45, 7) is 3.50. The number of hydrogen-bond donors (Lipinski definition) is 0. The summed E-state index contributed by atoms with van der Waals surface area (Å²) in [4.78, 5) is 21.6. The van der Waals surface area contributed by atoms with Crippen molar-refractivity contribution in [3.63, 3.8) is 0 Å². The Hall–Kier alpha value is -3.21. The van der Waals surface area contributed by atoms with E-state index in [0.717, 1.165) is 29.1 Å². The summed E-state index contributed by atoms with van der Waals surface area (Å²) in [6.07, 6.45) is -4.76. The number of ether oxygens (including phenoxy) is 1. The van der Waals surface area contributed by atoms with Gasteiger partial charge in [-0.15, -0.1) is 0 Å². The fraction of sp³-hybridized carbons (Fsp3) is 0.387. The lowest BCUT2D eigenvalue weighted by Gasteiger charge is -2.38. The van der Waals surface area contributed by atoms with Gasteiger partial charge in [0.2, 0.25) is 0 Å². The standard InChI is InChI=1S/C31H32Cl2F4N4O2/c1-38(17-20-3-9-25(28(34)15-20)31(35,36)37)29-19-41(18-24(29)21-4-10-26(32)27(33)16-21)30(42)40-13-11-39(12-14-40)22-5-7-23(43-2)8-6-22/h3-10,15-16,24,29H,11-14,17-19H2,1-2H3/t24-,29+/m1/s1. The number of piperazine rings is 1. The molecule has 0 unspecified atom stereocenters. The summed E-state index contributed by atoms with van der Waals surface area (Å²) in [5.41, 5.74) is 1.07. The van der Waals surface area contributed by atoms with Crippen molar-refractivity contribution < 1.29 is 27.1 Å². The molecule has 2 saturated heterocycles. The van der Waals surface area contributed by atoms with Gasteiger partial charge in [-0.1, -0.05) is 35.3 Å².